The third kappa shape index (κ3) is 7.21. The fourth-order valence-corrected chi connectivity index (χ4v) is 10.1. The molecule has 0 saturated heterocycles. The van der Waals surface area contributed by atoms with Crippen molar-refractivity contribution >= 4 is 58.7 Å². The minimum atomic E-state index is -4.58. The van der Waals surface area contributed by atoms with Crippen molar-refractivity contribution in [1.29, 1.82) is 10.8 Å². The fraction of sp³-hybridized carbons (Fsp3) is 0.133. The molecule has 0 aliphatic rings. The van der Waals surface area contributed by atoms with Crippen LogP contribution in [0.1, 0.15) is 44.9 Å². The number of rotatable bonds is 10. The number of phenolic OH excluding ortho intramolecular Hbond substituents is 1. The minimum Gasteiger partial charge on any atom is -0.867 e. The Labute approximate surface area is 346 Å². The Hall–Kier alpha value is -7.33. The molecule has 302 valence electrons. The Morgan fingerprint density at radius 2 is 1.17 bits per heavy atom. The van der Waals surface area contributed by atoms with Gasteiger partial charge in [0.2, 0.25) is 10.8 Å². The van der Waals surface area contributed by atoms with E-state index in [4.69, 9.17) is 13.1 Å². The molecule has 1 N–H and O–H groups in total. The van der Waals surface area contributed by atoms with Crippen LogP contribution in [0, 0.1) is 38.5 Å². The van der Waals surface area contributed by atoms with Crippen LogP contribution in [0.5, 0.6) is 34.5 Å². The largest absolute Gasteiger partial charge is 0.867 e. The number of hydrogen-bond donors (Lipinski definition) is 1. The second-order valence-corrected chi connectivity index (χ2v) is 17.7. The highest BCUT2D eigenvalue weighted by atomic mass is 32.2. The van der Waals surface area contributed by atoms with Crippen molar-refractivity contribution in [1.82, 2.24) is 0 Å². The molecule has 7 aromatic rings. The average molecular weight is 841 g/mol. The number of fused-ring (bicyclic) bond motifs is 2. The molecular formula is C45H36N4O9S2. The molecule has 7 aromatic carbocycles. The van der Waals surface area contributed by atoms with Gasteiger partial charge in [0, 0.05) is 22.8 Å². The summed E-state index contributed by atoms with van der Waals surface area (Å²) in [6.07, 6.45) is 0. The zero-order valence-corrected chi connectivity index (χ0v) is 34.6. The van der Waals surface area contributed by atoms with Crippen molar-refractivity contribution in [3.8, 4) is 34.5 Å². The normalized spacial score (nSPS) is 12.9. The van der Waals surface area contributed by atoms with Gasteiger partial charge in [0.1, 0.15) is 26.2 Å². The summed E-state index contributed by atoms with van der Waals surface area (Å²) in [5.41, 5.74) is 3.73. The lowest BCUT2D eigenvalue weighted by molar-refractivity contribution is -0.265. The van der Waals surface area contributed by atoms with Gasteiger partial charge in [-0.2, -0.15) is 8.42 Å². The predicted octanol–water partition coefficient (Wildman–Crippen LogP) is 9.07. The van der Waals surface area contributed by atoms with Crippen LogP contribution in [0.4, 0.5) is 11.4 Å². The average Bonchev–Trinajstić information content (AvgIpc) is 3.22. The third-order valence-corrected chi connectivity index (χ3v) is 13.0. The van der Waals surface area contributed by atoms with Gasteiger partial charge in [-0.3, -0.25) is 0 Å². The zero-order chi connectivity index (χ0) is 43.3. The van der Waals surface area contributed by atoms with Crippen LogP contribution in [0.15, 0.2) is 113 Å². The summed E-state index contributed by atoms with van der Waals surface area (Å²) >= 11 is 0. The minimum absolute atomic E-state index is 0.0471. The fourth-order valence-electron chi connectivity index (χ4n) is 7.51. The highest BCUT2D eigenvalue weighted by molar-refractivity contribution is 7.96. The second kappa shape index (κ2) is 15.4. The molecule has 0 saturated carbocycles. The zero-order valence-electron chi connectivity index (χ0n) is 32.9. The first-order chi connectivity index (χ1) is 28.5. The smallest absolute Gasteiger partial charge is 0.379 e. The van der Waals surface area contributed by atoms with E-state index in [1.807, 2.05) is 12.1 Å². The van der Waals surface area contributed by atoms with Gasteiger partial charge in [0.15, 0.2) is 21.5 Å². The van der Waals surface area contributed by atoms with Crippen molar-refractivity contribution in [3.63, 3.8) is 0 Å². The van der Waals surface area contributed by atoms with Crippen LogP contribution in [-0.2, 0) is 19.9 Å². The molecule has 0 aromatic heterocycles. The van der Waals surface area contributed by atoms with Gasteiger partial charge in [-0.05, 0) is 119 Å². The number of methoxy groups -OCH3 is 1. The Kier molecular flexibility index (Phi) is 10.5. The molecule has 7 rings (SSSR count). The topological polar surface area (TPSA) is 202 Å². The van der Waals surface area contributed by atoms with Gasteiger partial charge in [0.25, 0.3) is 0 Å². The molecular weight excluding hydrogens is 805 g/mol. The first-order valence-corrected chi connectivity index (χ1v) is 21.3. The monoisotopic (exact) mass is 840 g/mol. The summed E-state index contributed by atoms with van der Waals surface area (Å²) in [5, 5.41) is 55.7. The van der Waals surface area contributed by atoms with Gasteiger partial charge < -0.3 is 28.4 Å². The molecule has 60 heavy (non-hydrogen) atoms. The van der Waals surface area contributed by atoms with Crippen molar-refractivity contribution in [3.05, 3.63) is 152 Å². The molecule has 13 nitrogen and oxygen atoms in total. The van der Waals surface area contributed by atoms with Crippen molar-refractivity contribution in [2.24, 2.45) is 0 Å². The third-order valence-electron chi connectivity index (χ3n) is 10.3. The predicted molar refractivity (Wildman–Crippen MR) is 226 cm³/mol. The molecule has 0 aliphatic carbocycles. The number of ether oxygens (including phenoxy) is 1. The molecule has 15 heteroatoms. The van der Waals surface area contributed by atoms with E-state index in [2.05, 4.69) is 15.8 Å². The Balaban J connectivity index is 1.31. The molecule has 0 fully saturated rings. The summed E-state index contributed by atoms with van der Waals surface area (Å²) < 4.78 is 59.7. The van der Waals surface area contributed by atoms with Crippen molar-refractivity contribution < 1.29 is 41.0 Å². The number of aryl methyl sites for hydroxylation is 4. The first-order valence-electron chi connectivity index (χ1n) is 18.3. The van der Waals surface area contributed by atoms with E-state index < -0.39 is 43.0 Å². The summed E-state index contributed by atoms with van der Waals surface area (Å²) in [4.78, 5) is 5.84. The Bertz CT molecular complexity index is 3200. The molecule has 2 unspecified atom stereocenters. The van der Waals surface area contributed by atoms with E-state index in [0.717, 1.165) is 17.2 Å². The van der Waals surface area contributed by atoms with Crippen molar-refractivity contribution in [2.75, 3.05) is 7.11 Å². The number of diazo groups is 2. The van der Waals surface area contributed by atoms with E-state index in [-0.39, 0.29) is 54.6 Å². The maximum Gasteiger partial charge on any atom is 0.379 e. The maximum absolute atomic E-state index is 14.2. The van der Waals surface area contributed by atoms with Crippen molar-refractivity contribution in [2.45, 2.75) is 43.4 Å². The lowest BCUT2D eigenvalue weighted by Gasteiger charge is -2.24. The Morgan fingerprint density at radius 1 is 0.617 bits per heavy atom. The molecule has 2 atom stereocenters. The number of phenols is 1. The summed E-state index contributed by atoms with van der Waals surface area (Å²) in [6.45, 7) is 6.96. The lowest BCUT2D eigenvalue weighted by Crippen LogP contribution is -2.13. The van der Waals surface area contributed by atoms with E-state index in [9.17, 15) is 38.7 Å². The summed E-state index contributed by atoms with van der Waals surface area (Å²) in [5.74, 6) is 2.64. The van der Waals surface area contributed by atoms with E-state index in [0.29, 0.717) is 33.2 Å². The number of benzene rings is 7. The van der Waals surface area contributed by atoms with Gasteiger partial charge in [-0.15, -0.1) is 0 Å². The van der Waals surface area contributed by atoms with Gasteiger partial charge in [0.05, 0.1) is 18.1 Å². The SMILES string of the molecule is C=S(=O)(Oc1ccc(C(c2cc(C)c(O)c(C)c2)c2cc(C)c(OS(=O)(=O)c3cc([N+]#N)c([O-])c4ccccc34)c(C)c2)cc1OC)c1cccc2c([O-])c([N+]#N)ccc12. The molecule has 0 aliphatic heterocycles. The van der Waals surface area contributed by atoms with Gasteiger partial charge in [-0.25, -0.2) is 4.21 Å². The van der Waals surface area contributed by atoms with Crippen LogP contribution in [0.3, 0.4) is 0 Å². The molecule has 0 spiro atoms. The van der Waals surface area contributed by atoms with Crippen LogP contribution >= 0.6 is 0 Å². The summed E-state index contributed by atoms with van der Waals surface area (Å²) in [7, 11) is -6.72. The van der Waals surface area contributed by atoms with E-state index in [1.165, 1.54) is 49.6 Å². The second-order valence-electron chi connectivity index (χ2n) is 14.3. The maximum atomic E-state index is 14.2. The van der Waals surface area contributed by atoms with Gasteiger partial charge >= 0.3 is 21.5 Å². The van der Waals surface area contributed by atoms with Crippen LogP contribution in [-0.4, -0.2) is 30.7 Å². The van der Waals surface area contributed by atoms with E-state index in [1.54, 1.807) is 70.2 Å². The molecule has 0 heterocycles. The van der Waals surface area contributed by atoms with Crippen LogP contribution in [0.25, 0.3) is 31.5 Å². The number of aromatic hydroxyl groups is 1. The summed E-state index contributed by atoms with van der Waals surface area (Å²) in [6, 6.07) is 26.8. The number of hydrogen-bond acceptors (Lipinski definition) is 11. The molecule has 0 amide bonds. The van der Waals surface area contributed by atoms with E-state index >= 15 is 0 Å². The molecule has 0 radical (unpaired) electrons. The van der Waals surface area contributed by atoms with Crippen LogP contribution in [0.2, 0.25) is 0 Å². The van der Waals surface area contributed by atoms with Crippen LogP contribution < -0.4 is 23.3 Å². The Morgan fingerprint density at radius 3 is 1.77 bits per heavy atom. The standard InChI is InChI=1S/C45H36N4O9S2/c1-24-18-29(19-25(2)42(24)50)41(28-14-17-37(38(22-28)56-5)57-59(6,53)39-13-9-12-34-32(39)15-16-35(48-46)43(34)51)30-20-26(3)45(27(4)21-30)58-60(54,55)40-23-36(49-47)44(52)33-11-8-7-10-31(33)40/h7-23,41H,6H2,1-5H3,(H-2,50,51,52,53). The molecule has 0 bridgehead atoms. The first kappa shape index (κ1) is 40.9. The lowest BCUT2D eigenvalue weighted by atomic mass is 9.82. The highest BCUT2D eigenvalue weighted by Crippen LogP contribution is 2.44. The van der Waals surface area contributed by atoms with Gasteiger partial charge in [-0.1, -0.05) is 66.7 Å². The number of nitrogens with zero attached hydrogens (tertiary/aromatic N) is 4. The highest BCUT2D eigenvalue weighted by Gasteiger charge is 2.29. The quantitative estimate of drug-likeness (QED) is 0.0596.